The van der Waals surface area contributed by atoms with E-state index in [-0.39, 0.29) is 6.04 Å². The molecule has 0 saturated carbocycles. The third-order valence-corrected chi connectivity index (χ3v) is 4.07. The second kappa shape index (κ2) is 6.44. The molecule has 4 heteroatoms. The second-order valence-corrected chi connectivity index (χ2v) is 6.03. The highest BCUT2D eigenvalue weighted by Crippen LogP contribution is 2.29. The van der Waals surface area contributed by atoms with Crippen molar-refractivity contribution in [3.8, 4) is 5.75 Å². The number of halogens is 2. The Hall–Kier alpha value is -1.000. The Morgan fingerprint density at radius 3 is 2.32 bits per heavy atom. The van der Waals surface area contributed by atoms with E-state index in [0.29, 0.717) is 0 Å². The van der Waals surface area contributed by atoms with Crippen LogP contribution >= 0.6 is 31.9 Å². The highest BCUT2D eigenvalue weighted by molar-refractivity contribution is 9.11. The van der Waals surface area contributed by atoms with Gasteiger partial charge in [0.1, 0.15) is 5.75 Å². The van der Waals surface area contributed by atoms with Gasteiger partial charge in [-0.3, -0.25) is 0 Å². The number of hydrogen-bond donors (Lipinski definition) is 1. The predicted octanol–water partition coefficient (Wildman–Crippen LogP) is 5.39. The summed E-state index contributed by atoms with van der Waals surface area (Å²) in [5.41, 5.74) is 2.29. The number of ether oxygens (including phenoxy) is 1. The van der Waals surface area contributed by atoms with Crippen molar-refractivity contribution in [2.75, 3.05) is 12.4 Å². The first-order valence-electron chi connectivity index (χ1n) is 5.95. The van der Waals surface area contributed by atoms with E-state index in [2.05, 4.69) is 56.2 Å². The van der Waals surface area contributed by atoms with Gasteiger partial charge in [0.15, 0.2) is 0 Å². The van der Waals surface area contributed by atoms with Crippen molar-refractivity contribution in [3.05, 3.63) is 57.0 Å². The molecule has 0 bridgehead atoms. The number of methoxy groups -OCH3 is 1. The number of nitrogens with one attached hydrogen (secondary N) is 1. The highest BCUT2D eigenvalue weighted by Gasteiger charge is 2.08. The van der Waals surface area contributed by atoms with Crippen LogP contribution in [0, 0.1) is 0 Å². The monoisotopic (exact) mass is 383 g/mol. The van der Waals surface area contributed by atoms with Crippen molar-refractivity contribution in [2.24, 2.45) is 0 Å². The zero-order valence-electron chi connectivity index (χ0n) is 10.8. The highest BCUT2D eigenvalue weighted by atomic mass is 79.9. The molecule has 1 unspecified atom stereocenters. The Bertz CT molecular complexity index is 555. The van der Waals surface area contributed by atoms with Crippen LogP contribution < -0.4 is 10.1 Å². The zero-order valence-corrected chi connectivity index (χ0v) is 14.0. The normalized spacial score (nSPS) is 12.0. The van der Waals surface area contributed by atoms with Crippen LogP contribution in [-0.4, -0.2) is 7.11 Å². The number of hydrogen-bond acceptors (Lipinski definition) is 2. The van der Waals surface area contributed by atoms with E-state index in [1.807, 2.05) is 30.3 Å². The van der Waals surface area contributed by atoms with Crippen LogP contribution in [-0.2, 0) is 0 Å². The maximum Gasteiger partial charge on any atom is 0.118 e. The molecule has 0 radical (unpaired) electrons. The molecule has 2 rings (SSSR count). The fourth-order valence-electron chi connectivity index (χ4n) is 1.82. The van der Waals surface area contributed by atoms with E-state index < -0.39 is 0 Å². The van der Waals surface area contributed by atoms with Gasteiger partial charge in [-0.1, -0.05) is 28.1 Å². The average molecular weight is 385 g/mol. The maximum atomic E-state index is 5.17. The Balaban J connectivity index is 2.13. The smallest absolute Gasteiger partial charge is 0.118 e. The molecule has 1 N–H and O–H groups in total. The van der Waals surface area contributed by atoms with Crippen LogP contribution in [0.4, 0.5) is 5.69 Å². The molecule has 2 aromatic rings. The molecule has 2 nitrogen and oxygen atoms in total. The molecule has 0 saturated heterocycles. The SMILES string of the molecule is COc1ccc(C(C)Nc2ccc(Br)cc2Br)cc1. The molecular formula is C15H15Br2NO. The van der Waals surface area contributed by atoms with Crippen LogP contribution in [0.3, 0.4) is 0 Å². The fourth-order valence-corrected chi connectivity index (χ4v) is 2.98. The quantitative estimate of drug-likeness (QED) is 0.762. The van der Waals surface area contributed by atoms with Crippen LogP contribution in [0.15, 0.2) is 51.4 Å². The molecule has 100 valence electrons. The average Bonchev–Trinajstić information content (AvgIpc) is 2.42. The largest absolute Gasteiger partial charge is 0.497 e. The van der Waals surface area contributed by atoms with Gasteiger partial charge in [-0.2, -0.15) is 0 Å². The minimum atomic E-state index is 0.225. The minimum Gasteiger partial charge on any atom is -0.497 e. The topological polar surface area (TPSA) is 21.3 Å². The first kappa shape index (κ1) is 14.4. The van der Waals surface area contributed by atoms with Crippen molar-refractivity contribution < 1.29 is 4.74 Å². The van der Waals surface area contributed by atoms with Gasteiger partial charge in [0.2, 0.25) is 0 Å². The van der Waals surface area contributed by atoms with Crippen molar-refractivity contribution >= 4 is 37.5 Å². The molecule has 2 aromatic carbocycles. The van der Waals surface area contributed by atoms with Crippen molar-refractivity contribution in [3.63, 3.8) is 0 Å². The zero-order chi connectivity index (χ0) is 13.8. The first-order chi connectivity index (χ1) is 9.10. The van der Waals surface area contributed by atoms with Crippen LogP contribution in [0.1, 0.15) is 18.5 Å². The van der Waals surface area contributed by atoms with Gasteiger partial charge in [-0.15, -0.1) is 0 Å². The molecule has 0 aliphatic heterocycles. The number of rotatable bonds is 4. The molecular weight excluding hydrogens is 370 g/mol. The van der Waals surface area contributed by atoms with E-state index >= 15 is 0 Å². The van der Waals surface area contributed by atoms with Gasteiger partial charge in [-0.25, -0.2) is 0 Å². The minimum absolute atomic E-state index is 0.225. The van der Waals surface area contributed by atoms with E-state index in [9.17, 15) is 0 Å². The molecule has 0 heterocycles. The maximum absolute atomic E-state index is 5.17. The third kappa shape index (κ3) is 3.74. The van der Waals surface area contributed by atoms with Gasteiger partial charge in [0, 0.05) is 20.7 Å². The van der Waals surface area contributed by atoms with Gasteiger partial charge < -0.3 is 10.1 Å². The fraction of sp³-hybridized carbons (Fsp3) is 0.200. The van der Waals surface area contributed by atoms with Crippen LogP contribution in [0.5, 0.6) is 5.75 Å². The molecule has 0 aromatic heterocycles. The number of benzene rings is 2. The summed E-state index contributed by atoms with van der Waals surface area (Å²) in [4.78, 5) is 0. The molecule has 0 aliphatic carbocycles. The molecule has 0 fully saturated rings. The van der Waals surface area contributed by atoms with Gasteiger partial charge in [-0.05, 0) is 58.7 Å². The summed E-state index contributed by atoms with van der Waals surface area (Å²) in [7, 11) is 1.68. The van der Waals surface area contributed by atoms with Crippen LogP contribution in [0.2, 0.25) is 0 Å². The Kier molecular flexibility index (Phi) is 4.88. The molecule has 0 aliphatic rings. The third-order valence-electron chi connectivity index (χ3n) is 2.92. The predicted molar refractivity (Wildman–Crippen MR) is 86.9 cm³/mol. The lowest BCUT2D eigenvalue weighted by Crippen LogP contribution is -2.06. The Morgan fingerprint density at radius 2 is 1.74 bits per heavy atom. The van der Waals surface area contributed by atoms with E-state index in [1.165, 1.54) is 5.56 Å². The van der Waals surface area contributed by atoms with Crippen molar-refractivity contribution in [1.29, 1.82) is 0 Å². The van der Waals surface area contributed by atoms with Gasteiger partial charge >= 0.3 is 0 Å². The van der Waals surface area contributed by atoms with Crippen LogP contribution in [0.25, 0.3) is 0 Å². The first-order valence-corrected chi connectivity index (χ1v) is 7.54. The summed E-state index contributed by atoms with van der Waals surface area (Å²) in [6, 6.07) is 14.4. The summed E-state index contributed by atoms with van der Waals surface area (Å²) < 4.78 is 7.27. The molecule has 1 atom stereocenters. The van der Waals surface area contributed by atoms with Gasteiger partial charge in [0.05, 0.1) is 7.11 Å². The summed E-state index contributed by atoms with van der Waals surface area (Å²) in [6.07, 6.45) is 0. The summed E-state index contributed by atoms with van der Waals surface area (Å²) in [6.45, 7) is 2.14. The van der Waals surface area contributed by atoms with E-state index in [0.717, 1.165) is 20.4 Å². The Morgan fingerprint density at radius 1 is 1.05 bits per heavy atom. The van der Waals surface area contributed by atoms with E-state index in [1.54, 1.807) is 7.11 Å². The Labute approximate surface area is 130 Å². The lowest BCUT2D eigenvalue weighted by Gasteiger charge is -2.17. The van der Waals surface area contributed by atoms with Crippen molar-refractivity contribution in [1.82, 2.24) is 0 Å². The lowest BCUT2D eigenvalue weighted by molar-refractivity contribution is 0.414. The molecule has 0 spiro atoms. The van der Waals surface area contributed by atoms with Crippen molar-refractivity contribution in [2.45, 2.75) is 13.0 Å². The standard InChI is InChI=1S/C15H15Br2NO/c1-10(11-3-6-13(19-2)7-4-11)18-15-8-5-12(16)9-14(15)17/h3-10,18H,1-2H3. The summed E-state index contributed by atoms with van der Waals surface area (Å²) in [5.74, 6) is 0.876. The lowest BCUT2D eigenvalue weighted by atomic mass is 10.1. The molecule has 19 heavy (non-hydrogen) atoms. The van der Waals surface area contributed by atoms with Gasteiger partial charge in [0.25, 0.3) is 0 Å². The second-order valence-electron chi connectivity index (χ2n) is 4.26. The molecule has 0 amide bonds. The van der Waals surface area contributed by atoms with E-state index in [4.69, 9.17) is 4.74 Å². The number of anilines is 1. The summed E-state index contributed by atoms with van der Waals surface area (Å²) in [5, 5.41) is 3.48. The summed E-state index contributed by atoms with van der Waals surface area (Å²) >= 11 is 7.01.